The number of imide groups is 2. The van der Waals surface area contributed by atoms with E-state index in [1.165, 1.54) is 24.3 Å². The molecule has 2 N–H and O–H groups in total. The van der Waals surface area contributed by atoms with E-state index in [1.807, 2.05) is 0 Å². The highest BCUT2D eigenvalue weighted by Gasteiger charge is 2.44. The fourth-order valence-corrected chi connectivity index (χ4v) is 4.75. The molecule has 0 saturated heterocycles. The number of rotatable bonds is 6. The van der Waals surface area contributed by atoms with Crippen LogP contribution in [0.4, 0.5) is 5.69 Å². The average Bonchev–Trinajstić information content (AvgIpc) is 2.89. The van der Waals surface area contributed by atoms with Crippen molar-refractivity contribution in [3.05, 3.63) is 76.3 Å². The van der Waals surface area contributed by atoms with Gasteiger partial charge >= 0.3 is 5.97 Å². The molecule has 3 aromatic rings. The second-order valence-corrected chi connectivity index (χ2v) is 8.36. The van der Waals surface area contributed by atoms with Gasteiger partial charge in [0.2, 0.25) is 0 Å². The lowest BCUT2D eigenvalue weighted by Gasteiger charge is -2.33. The summed E-state index contributed by atoms with van der Waals surface area (Å²) in [6.45, 7) is -0.865. The van der Waals surface area contributed by atoms with Crippen molar-refractivity contribution in [1.82, 2.24) is 4.90 Å². The number of hydrogen-bond donors (Lipinski definition) is 2. The van der Waals surface area contributed by atoms with E-state index in [0.29, 0.717) is 17.0 Å². The second kappa shape index (κ2) is 8.67. The quantitative estimate of drug-likeness (QED) is 0.391. The Morgan fingerprint density at radius 2 is 1.25 bits per heavy atom. The van der Waals surface area contributed by atoms with E-state index in [4.69, 9.17) is 5.11 Å². The maximum Gasteiger partial charge on any atom is 0.331 e. The van der Waals surface area contributed by atoms with E-state index in [1.54, 1.807) is 24.3 Å². The molecule has 0 radical (unpaired) electrons. The number of methoxy groups -OCH3 is 1. The molecular weight excluding hydrogens is 468 g/mol. The maximum atomic E-state index is 13.5. The number of ether oxygens (including phenoxy) is 1. The molecule has 5 rings (SSSR count). The van der Waals surface area contributed by atoms with E-state index in [-0.39, 0.29) is 39.6 Å². The number of aliphatic hydroxyl groups excluding tert-OH is 2. The molecule has 0 saturated carbocycles. The van der Waals surface area contributed by atoms with Crippen LogP contribution in [0.15, 0.2) is 48.5 Å². The van der Waals surface area contributed by atoms with Gasteiger partial charge in [-0.3, -0.25) is 24.1 Å². The number of nitrogens with zero attached hydrogens (tertiary/aromatic N) is 2. The first kappa shape index (κ1) is 23.3. The maximum absolute atomic E-state index is 13.5. The van der Waals surface area contributed by atoms with E-state index in [9.17, 15) is 29.1 Å². The van der Waals surface area contributed by atoms with Crippen molar-refractivity contribution >= 4 is 46.1 Å². The third-order valence-electron chi connectivity index (χ3n) is 6.48. The average molecular weight is 488 g/mol. The largest absolute Gasteiger partial charge is 0.467 e. The van der Waals surface area contributed by atoms with Gasteiger partial charge in [0, 0.05) is 39.6 Å². The molecule has 36 heavy (non-hydrogen) atoms. The first-order valence-electron chi connectivity index (χ1n) is 11.1. The summed E-state index contributed by atoms with van der Waals surface area (Å²) in [5.41, 5.74) is 1.51. The molecule has 3 aromatic carbocycles. The number of carbonyl (C=O) groups is 5. The summed E-state index contributed by atoms with van der Waals surface area (Å²) in [5, 5.41) is 19.2. The summed E-state index contributed by atoms with van der Waals surface area (Å²) >= 11 is 0. The molecule has 1 unspecified atom stereocenters. The molecule has 2 aliphatic heterocycles. The van der Waals surface area contributed by atoms with Gasteiger partial charge in [-0.2, -0.15) is 0 Å². The number of aliphatic hydroxyl groups is 2. The fourth-order valence-electron chi connectivity index (χ4n) is 4.75. The predicted octanol–water partition coefficient (Wildman–Crippen LogP) is 1.31. The third-order valence-corrected chi connectivity index (χ3v) is 6.48. The number of hydrogen-bond acceptors (Lipinski definition) is 8. The first-order chi connectivity index (χ1) is 17.3. The highest BCUT2D eigenvalue weighted by atomic mass is 16.5. The van der Waals surface area contributed by atoms with Crippen LogP contribution in [0.2, 0.25) is 0 Å². The lowest BCUT2D eigenvalue weighted by molar-refractivity contribution is -0.146. The molecule has 1 atom stereocenters. The minimum absolute atomic E-state index is 0.0231. The second-order valence-electron chi connectivity index (χ2n) is 8.36. The summed E-state index contributed by atoms with van der Waals surface area (Å²) in [4.78, 5) is 67.3. The Kier molecular flexibility index (Phi) is 5.62. The van der Waals surface area contributed by atoms with Gasteiger partial charge < -0.3 is 14.9 Å². The molecule has 182 valence electrons. The standard InChI is InChI=1S/C26H20N2O8/c1-36-26(35)19(12-30)28-24(33)17-8-6-15-20-16(7-9-18(21(17)20)25(28)34)23(32)27(22(15)31)14-4-2-13(3-5-14)10-11-29/h2-9,19,29-30H,10-12H2,1H3. The molecule has 4 amide bonds. The SMILES string of the molecule is COC(=O)C(CO)N1C(=O)c2ccc3c4c(ccc(c24)C1=O)C(=O)N(c1ccc(CCO)cc1)C3=O. The summed E-state index contributed by atoms with van der Waals surface area (Å²) in [5.74, 6) is -3.88. The molecule has 0 aromatic heterocycles. The Balaban J connectivity index is 1.65. The minimum atomic E-state index is -1.54. The van der Waals surface area contributed by atoms with Gasteiger partial charge in [-0.1, -0.05) is 12.1 Å². The molecule has 2 heterocycles. The van der Waals surface area contributed by atoms with Gasteiger partial charge in [-0.15, -0.1) is 0 Å². The third kappa shape index (κ3) is 3.23. The van der Waals surface area contributed by atoms with Gasteiger partial charge in [0.1, 0.15) is 0 Å². The van der Waals surface area contributed by atoms with Gasteiger partial charge in [0.25, 0.3) is 23.6 Å². The van der Waals surface area contributed by atoms with E-state index < -0.39 is 42.2 Å². The van der Waals surface area contributed by atoms with Crippen LogP contribution in [0.3, 0.4) is 0 Å². The van der Waals surface area contributed by atoms with Crippen LogP contribution in [0.5, 0.6) is 0 Å². The first-order valence-corrected chi connectivity index (χ1v) is 11.1. The van der Waals surface area contributed by atoms with Crippen LogP contribution < -0.4 is 4.90 Å². The van der Waals surface area contributed by atoms with Gasteiger partial charge in [0.05, 0.1) is 19.4 Å². The van der Waals surface area contributed by atoms with Crippen molar-refractivity contribution in [2.45, 2.75) is 12.5 Å². The fraction of sp³-hybridized carbons (Fsp3) is 0.192. The van der Waals surface area contributed by atoms with Gasteiger partial charge in [-0.05, 0) is 48.4 Å². The Morgan fingerprint density at radius 3 is 1.67 bits per heavy atom. The molecule has 0 fully saturated rings. The normalized spacial score (nSPS) is 15.5. The van der Waals surface area contributed by atoms with Gasteiger partial charge in [-0.25, -0.2) is 9.69 Å². The number of anilines is 1. The zero-order valence-electron chi connectivity index (χ0n) is 19.1. The van der Waals surface area contributed by atoms with E-state index >= 15 is 0 Å². The lowest BCUT2D eigenvalue weighted by atomic mass is 9.85. The Bertz CT molecular complexity index is 1410. The predicted molar refractivity (Wildman–Crippen MR) is 126 cm³/mol. The van der Waals surface area contributed by atoms with Gasteiger partial charge in [0.15, 0.2) is 6.04 Å². The number of benzene rings is 3. The van der Waals surface area contributed by atoms with Crippen LogP contribution >= 0.6 is 0 Å². The van der Waals surface area contributed by atoms with E-state index in [2.05, 4.69) is 4.74 Å². The Hall–Kier alpha value is -4.41. The molecule has 0 spiro atoms. The Labute approximate surface area is 204 Å². The molecule has 10 nitrogen and oxygen atoms in total. The highest BCUT2D eigenvalue weighted by molar-refractivity contribution is 6.39. The molecule has 2 aliphatic rings. The van der Waals surface area contributed by atoms with Crippen molar-refractivity contribution in [2.24, 2.45) is 0 Å². The summed E-state index contributed by atoms with van der Waals surface area (Å²) in [6.07, 6.45) is 0.433. The Morgan fingerprint density at radius 1 is 0.778 bits per heavy atom. The molecule has 0 aliphatic carbocycles. The van der Waals surface area contributed by atoms with Crippen molar-refractivity contribution in [2.75, 3.05) is 25.2 Å². The summed E-state index contributed by atoms with van der Waals surface area (Å²) < 4.78 is 4.63. The van der Waals surface area contributed by atoms with Crippen LogP contribution in [0.25, 0.3) is 10.8 Å². The highest BCUT2D eigenvalue weighted by Crippen LogP contribution is 2.39. The number of amides is 4. The number of carbonyl (C=O) groups excluding carboxylic acids is 5. The molecule has 10 heteroatoms. The van der Waals surface area contributed by atoms with E-state index in [0.717, 1.165) is 17.6 Å². The summed E-state index contributed by atoms with van der Waals surface area (Å²) in [6, 6.07) is 10.7. The van der Waals surface area contributed by atoms with Crippen molar-refractivity contribution in [3.8, 4) is 0 Å². The van der Waals surface area contributed by atoms with Crippen LogP contribution in [0, 0.1) is 0 Å². The number of esters is 1. The van der Waals surface area contributed by atoms with Crippen molar-refractivity contribution in [1.29, 1.82) is 0 Å². The topological polar surface area (TPSA) is 142 Å². The van der Waals surface area contributed by atoms with Crippen molar-refractivity contribution in [3.63, 3.8) is 0 Å². The zero-order valence-corrected chi connectivity index (χ0v) is 19.1. The minimum Gasteiger partial charge on any atom is -0.467 e. The van der Waals surface area contributed by atoms with Crippen LogP contribution in [-0.2, 0) is 16.0 Å². The lowest BCUT2D eigenvalue weighted by Crippen LogP contribution is -2.53. The molecule has 0 bridgehead atoms. The zero-order chi connectivity index (χ0) is 25.7. The van der Waals surface area contributed by atoms with Crippen LogP contribution in [0.1, 0.15) is 47.0 Å². The smallest absolute Gasteiger partial charge is 0.331 e. The van der Waals surface area contributed by atoms with Crippen molar-refractivity contribution < 1.29 is 38.9 Å². The molecular formula is C26H20N2O8. The monoisotopic (exact) mass is 488 g/mol. The summed E-state index contributed by atoms with van der Waals surface area (Å²) in [7, 11) is 1.08. The van der Waals surface area contributed by atoms with Crippen LogP contribution in [-0.4, -0.2) is 71.1 Å².